The summed E-state index contributed by atoms with van der Waals surface area (Å²) in [5.41, 5.74) is 3.76. The van der Waals surface area contributed by atoms with Crippen molar-refractivity contribution in [2.45, 2.75) is 44.6 Å². The lowest BCUT2D eigenvalue weighted by atomic mass is 9.77. The summed E-state index contributed by atoms with van der Waals surface area (Å²) < 4.78 is 0. The molecule has 0 unspecified atom stereocenters. The number of carboxylic acids is 1. The van der Waals surface area contributed by atoms with Crippen LogP contribution in [0, 0.1) is 5.92 Å². The standard InChI is InChI=1S/C12H21N3O4/c1-8-2-5-12(6-3-8,10(17)18)15-11(19)14-7-4-9(13)16/h8H,2-7H2,1H3,(H2,13,16)(H,17,18)(H2,14,15,19). The maximum atomic E-state index is 11.6. The Hall–Kier alpha value is -1.79. The Bertz CT molecular complexity index is 362. The molecule has 0 bridgehead atoms. The van der Waals surface area contributed by atoms with Crippen molar-refractivity contribution in [3.8, 4) is 0 Å². The molecule has 0 aliphatic heterocycles. The maximum absolute atomic E-state index is 11.6. The Kier molecular flexibility index (Phi) is 5.14. The molecule has 5 N–H and O–H groups in total. The fourth-order valence-corrected chi connectivity index (χ4v) is 2.21. The predicted molar refractivity (Wildman–Crippen MR) is 68.3 cm³/mol. The van der Waals surface area contributed by atoms with E-state index in [2.05, 4.69) is 17.6 Å². The van der Waals surface area contributed by atoms with Gasteiger partial charge in [-0.3, -0.25) is 4.79 Å². The molecule has 1 fully saturated rings. The van der Waals surface area contributed by atoms with Crippen molar-refractivity contribution in [1.29, 1.82) is 0 Å². The number of amides is 3. The van der Waals surface area contributed by atoms with Crippen molar-refractivity contribution in [3.05, 3.63) is 0 Å². The van der Waals surface area contributed by atoms with Crippen LogP contribution >= 0.6 is 0 Å². The average molecular weight is 271 g/mol. The van der Waals surface area contributed by atoms with Gasteiger partial charge in [0, 0.05) is 13.0 Å². The van der Waals surface area contributed by atoms with Gasteiger partial charge in [0.2, 0.25) is 5.91 Å². The van der Waals surface area contributed by atoms with Gasteiger partial charge < -0.3 is 21.5 Å². The van der Waals surface area contributed by atoms with Crippen molar-refractivity contribution in [3.63, 3.8) is 0 Å². The van der Waals surface area contributed by atoms with Crippen LogP contribution in [0.1, 0.15) is 39.0 Å². The molecule has 1 aliphatic rings. The van der Waals surface area contributed by atoms with Crippen molar-refractivity contribution >= 4 is 17.9 Å². The van der Waals surface area contributed by atoms with E-state index in [1.807, 2.05) is 0 Å². The number of nitrogens with two attached hydrogens (primary N) is 1. The van der Waals surface area contributed by atoms with E-state index in [-0.39, 0.29) is 13.0 Å². The maximum Gasteiger partial charge on any atom is 0.329 e. The first kappa shape index (κ1) is 15.3. The van der Waals surface area contributed by atoms with E-state index < -0.39 is 23.4 Å². The van der Waals surface area contributed by atoms with E-state index in [1.54, 1.807) is 0 Å². The normalized spacial score (nSPS) is 26.5. The first-order valence-corrected chi connectivity index (χ1v) is 6.43. The third kappa shape index (κ3) is 4.42. The van der Waals surface area contributed by atoms with Gasteiger partial charge in [0.25, 0.3) is 0 Å². The molecule has 19 heavy (non-hydrogen) atoms. The molecule has 0 aromatic carbocycles. The summed E-state index contributed by atoms with van der Waals surface area (Å²) in [6, 6.07) is -0.571. The van der Waals surface area contributed by atoms with Gasteiger partial charge >= 0.3 is 12.0 Å². The summed E-state index contributed by atoms with van der Waals surface area (Å²) in [4.78, 5) is 33.6. The number of carbonyl (C=O) groups is 3. The van der Waals surface area contributed by atoms with Crippen molar-refractivity contribution in [2.24, 2.45) is 11.7 Å². The number of nitrogens with one attached hydrogen (secondary N) is 2. The highest BCUT2D eigenvalue weighted by Crippen LogP contribution is 2.32. The van der Waals surface area contributed by atoms with Crippen LogP contribution in [-0.2, 0) is 9.59 Å². The molecule has 0 heterocycles. The minimum Gasteiger partial charge on any atom is -0.480 e. The zero-order chi connectivity index (χ0) is 14.5. The summed E-state index contributed by atoms with van der Waals surface area (Å²) in [7, 11) is 0. The van der Waals surface area contributed by atoms with Crippen LogP contribution in [0.2, 0.25) is 0 Å². The van der Waals surface area contributed by atoms with Gasteiger partial charge in [-0.1, -0.05) is 6.92 Å². The lowest BCUT2D eigenvalue weighted by Gasteiger charge is -2.36. The van der Waals surface area contributed by atoms with E-state index >= 15 is 0 Å². The number of hydrogen-bond acceptors (Lipinski definition) is 3. The van der Waals surface area contributed by atoms with Crippen molar-refractivity contribution in [2.75, 3.05) is 6.54 Å². The highest BCUT2D eigenvalue weighted by molar-refractivity contribution is 5.86. The molecule has 7 heteroatoms. The van der Waals surface area contributed by atoms with Crippen LogP contribution in [0.5, 0.6) is 0 Å². The second-order valence-electron chi connectivity index (χ2n) is 5.17. The number of carboxylic acid groups (broad SMARTS) is 1. The lowest BCUT2D eigenvalue weighted by molar-refractivity contribution is -0.146. The molecule has 1 saturated carbocycles. The summed E-state index contributed by atoms with van der Waals surface area (Å²) in [6.45, 7) is 2.17. The molecule has 0 saturated heterocycles. The first-order chi connectivity index (χ1) is 8.85. The largest absolute Gasteiger partial charge is 0.480 e. The number of aliphatic carboxylic acids is 1. The van der Waals surface area contributed by atoms with E-state index in [4.69, 9.17) is 5.73 Å². The summed E-state index contributed by atoms with van der Waals surface area (Å²) in [5, 5.41) is 14.3. The second kappa shape index (κ2) is 6.40. The molecular formula is C12H21N3O4. The van der Waals surface area contributed by atoms with Crippen molar-refractivity contribution in [1.82, 2.24) is 10.6 Å². The first-order valence-electron chi connectivity index (χ1n) is 6.43. The Labute approximate surface area is 111 Å². The molecule has 0 aromatic rings. The number of carbonyl (C=O) groups excluding carboxylic acids is 2. The van der Waals surface area contributed by atoms with Gasteiger partial charge in [0.1, 0.15) is 5.54 Å². The molecule has 1 aliphatic carbocycles. The summed E-state index contributed by atoms with van der Waals surface area (Å²) >= 11 is 0. The zero-order valence-corrected chi connectivity index (χ0v) is 11.1. The van der Waals surface area contributed by atoms with Crippen LogP contribution in [0.15, 0.2) is 0 Å². The SMILES string of the molecule is CC1CCC(NC(=O)NCCC(N)=O)(C(=O)O)CC1. The Morgan fingerprint density at radius 2 is 1.89 bits per heavy atom. The predicted octanol–water partition coefficient (Wildman–Crippen LogP) is 0.195. The molecular weight excluding hydrogens is 250 g/mol. The van der Waals surface area contributed by atoms with E-state index in [1.165, 1.54) is 0 Å². The van der Waals surface area contributed by atoms with E-state index in [0.717, 1.165) is 12.8 Å². The van der Waals surface area contributed by atoms with Gasteiger partial charge in [-0.15, -0.1) is 0 Å². The highest BCUT2D eigenvalue weighted by Gasteiger charge is 2.42. The van der Waals surface area contributed by atoms with Crippen LogP contribution in [-0.4, -0.2) is 35.1 Å². The minimum atomic E-state index is -1.19. The molecule has 7 nitrogen and oxygen atoms in total. The van der Waals surface area contributed by atoms with Gasteiger partial charge in [0.05, 0.1) is 0 Å². The Balaban J connectivity index is 2.52. The Morgan fingerprint density at radius 1 is 1.32 bits per heavy atom. The van der Waals surface area contributed by atoms with Crippen LogP contribution < -0.4 is 16.4 Å². The third-order valence-electron chi connectivity index (χ3n) is 3.55. The fraction of sp³-hybridized carbons (Fsp3) is 0.750. The molecule has 0 spiro atoms. The van der Waals surface area contributed by atoms with E-state index in [9.17, 15) is 19.5 Å². The van der Waals surface area contributed by atoms with Gasteiger partial charge in [0.15, 0.2) is 0 Å². The smallest absolute Gasteiger partial charge is 0.329 e. The summed E-state index contributed by atoms with van der Waals surface area (Å²) in [5.74, 6) is -1.05. The molecule has 0 atom stereocenters. The number of urea groups is 1. The summed E-state index contributed by atoms with van der Waals surface area (Å²) in [6.07, 6.45) is 2.42. The lowest BCUT2D eigenvalue weighted by Crippen LogP contribution is -2.58. The number of primary amides is 1. The van der Waals surface area contributed by atoms with Gasteiger partial charge in [-0.2, -0.15) is 0 Å². The zero-order valence-electron chi connectivity index (χ0n) is 11.1. The minimum absolute atomic E-state index is 0.0323. The van der Waals surface area contributed by atoms with Crippen LogP contribution in [0.3, 0.4) is 0 Å². The fourth-order valence-electron chi connectivity index (χ4n) is 2.21. The van der Waals surface area contributed by atoms with Gasteiger partial charge in [-0.25, -0.2) is 9.59 Å². The molecule has 1 rings (SSSR count). The molecule has 0 aromatic heterocycles. The van der Waals surface area contributed by atoms with E-state index in [0.29, 0.717) is 18.8 Å². The second-order valence-corrected chi connectivity index (χ2v) is 5.17. The van der Waals surface area contributed by atoms with Crippen molar-refractivity contribution < 1.29 is 19.5 Å². The molecule has 108 valence electrons. The number of hydrogen-bond donors (Lipinski definition) is 4. The molecule has 3 amide bonds. The average Bonchev–Trinajstić information content (AvgIpc) is 2.31. The monoisotopic (exact) mass is 271 g/mol. The highest BCUT2D eigenvalue weighted by atomic mass is 16.4. The topological polar surface area (TPSA) is 122 Å². The van der Waals surface area contributed by atoms with Crippen LogP contribution in [0.25, 0.3) is 0 Å². The molecule has 0 radical (unpaired) electrons. The Morgan fingerprint density at radius 3 is 2.37 bits per heavy atom. The quantitative estimate of drug-likeness (QED) is 0.570. The van der Waals surface area contributed by atoms with Gasteiger partial charge in [-0.05, 0) is 31.6 Å². The number of rotatable bonds is 5. The van der Waals surface area contributed by atoms with Crippen LogP contribution in [0.4, 0.5) is 4.79 Å². The third-order valence-corrected chi connectivity index (χ3v) is 3.55.